The molecule has 21 heavy (non-hydrogen) atoms. The van der Waals surface area contributed by atoms with Gasteiger partial charge in [-0.25, -0.2) is 4.79 Å². The summed E-state index contributed by atoms with van der Waals surface area (Å²) in [5.74, 6) is 0.801. The quantitative estimate of drug-likeness (QED) is 0.823. The smallest absolute Gasteiger partial charge is 0.328 e. The molecule has 0 radical (unpaired) electrons. The van der Waals surface area contributed by atoms with Crippen LogP contribution in [0.3, 0.4) is 0 Å². The number of carbonyl (C=O) groups is 1. The molecule has 2 aromatic rings. The van der Waals surface area contributed by atoms with Crippen molar-refractivity contribution in [3.63, 3.8) is 0 Å². The lowest BCUT2D eigenvalue weighted by Gasteiger charge is -2.09. The van der Waals surface area contributed by atoms with Crippen LogP contribution in [0.1, 0.15) is 17.0 Å². The molecule has 0 aliphatic carbocycles. The molecule has 0 fully saturated rings. The van der Waals surface area contributed by atoms with E-state index in [1.165, 1.54) is 6.08 Å². The molecule has 0 unspecified atom stereocenters. The Bertz CT molecular complexity index is 660. The van der Waals surface area contributed by atoms with Gasteiger partial charge in [0, 0.05) is 23.8 Å². The van der Waals surface area contributed by atoms with Gasteiger partial charge < -0.3 is 19.1 Å². The van der Waals surface area contributed by atoms with E-state index >= 15 is 0 Å². The fourth-order valence-electron chi connectivity index (χ4n) is 1.70. The molecule has 0 amide bonds. The molecule has 0 bridgehead atoms. The molecule has 0 saturated heterocycles. The average molecular weight is 289 g/mol. The van der Waals surface area contributed by atoms with Crippen molar-refractivity contribution < 1.29 is 23.9 Å². The highest BCUT2D eigenvalue weighted by Crippen LogP contribution is 2.26. The van der Waals surface area contributed by atoms with E-state index in [1.807, 2.05) is 0 Å². The van der Waals surface area contributed by atoms with Gasteiger partial charge in [0.15, 0.2) is 0 Å². The van der Waals surface area contributed by atoms with Gasteiger partial charge in [0.2, 0.25) is 0 Å². The van der Waals surface area contributed by atoms with Crippen molar-refractivity contribution in [2.24, 2.45) is 0 Å². The maximum Gasteiger partial charge on any atom is 0.328 e. The lowest BCUT2D eigenvalue weighted by Crippen LogP contribution is -1.98. The zero-order chi connectivity index (χ0) is 15.2. The Kier molecular flexibility index (Phi) is 4.61. The van der Waals surface area contributed by atoms with Crippen LogP contribution in [0.25, 0.3) is 6.08 Å². The van der Waals surface area contributed by atoms with E-state index in [4.69, 9.17) is 19.1 Å². The van der Waals surface area contributed by atoms with E-state index in [2.05, 4.69) is 5.16 Å². The first kappa shape index (κ1) is 14.6. The summed E-state index contributed by atoms with van der Waals surface area (Å²) >= 11 is 0. The number of aliphatic carboxylic acids is 1. The van der Waals surface area contributed by atoms with Crippen LogP contribution in [-0.4, -0.2) is 23.3 Å². The highest BCUT2D eigenvalue weighted by Gasteiger charge is 2.07. The third kappa shape index (κ3) is 4.10. The first-order valence-corrected chi connectivity index (χ1v) is 6.22. The van der Waals surface area contributed by atoms with Crippen molar-refractivity contribution in [1.82, 2.24) is 5.16 Å². The highest BCUT2D eigenvalue weighted by atomic mass is 16.5. The third-order valence-electron chi connectivity index (χ3n) is 2.68. The van der Waals surface area contributed by atoms with Gasteiger partial charge in [-0.15, -0.1) is 0 Å². The molecular formula is C15H15NO5. The second kappa shape index (κ2) is 6.60. The molecule has 0 spiro atoms. The van der Waals surface area contributed by atoms with Gasteiger partial charge in [0.25, 0.3) is 0 Å². The van der Waals surface area contributed by atoms with Crippen LogP contribution in [0.2, 0.25) is 0 Å². The van der Waals surface area contributed by atoms with Crippen molar-refractivity contribution in [2.45, 2.75) is 13.5 Å². The number of aromatic nitrogens is 1. The summed E-state index contributed by atoms with van der Waals surface area (Å²) in [5.41, 5.74) is 1.29. The number of carboxylic acid groups (broad SMARTS) is 1. The lowest BCUT2D eigenvalue weighted by molar-refractivity contribution is -0.131. The Morgan fingerprint density at radius 2 is 2.24 bits per heavy atom. The molecule has 110 valence electrons. The normalized spacial score (nSPS) is 10.8. The molecule has 1 N–H and O–H groups in total. The van der Waals surface area contributed by atoms with Gasteiger partial charge in [-0.3, -0.25) is 0 Å². The predicted octanol–water partition coefficient (Wildman–Crippen LogP) is 2.67. The Balaban J connectivity index is 2.19. The number of ether oxygens (including phenoxy) is 2. The summed E-state index contributed by atoms with van der Waals surface area (Å²) in [5, 5.41) is 12.5. The van der Waals surface area contributed by atoms with E-state index in [9.17, 15) is 4.79 Å². The summed E-state index contributed by atoms with van der Waals surface area (Å²) in [7, 11) is 1.55. The standard InChI is InChI=1S/C15H15NO5/c1-10-7-12(16-21-10)9-20-14-8-13(19-2)5-3-11(14)4-6-15(17)18/h3-8H,9H2,1-2H3,(H,17,18)/b6-4+. The number of nitrogens with zero attached hydrogens (tertiary/aromatic N) is 1. The molecule has 6 nitrogen and oxygen atoms in total. The van der Waals surface area contributed by atoms with Crippen LogP contribution in [-0.2, 0) is 11.4 Å². The minimum absolute atomic E-state index is 0.221. The first-order valence-electron chi connectivity index (χ1n) is 6.22. The molecule has 0 atom stereocenters. The summed E-state index contributed by atoms with van der Waals surface area (Å²) in [6.07, 6.45) is 2.51. The fourth-order valence-corrected chi connectivity index (χ4v) is 1.70. The molecule has 0 aliphatic heterocycles. The van der Waals surface area contributed by atoms with Crippen molar-refractivity contribution in [1.29, 1.82) is 0 Å². The van der Waals surface area contributed by atoms with Gasteiger partial charge >= 0.3 is 5.97 Å². The van der Waals surface area contributed by atoms with Crippen LogP contribution in [0.15, 0.2) is 34.9 Å². The van der Waals surface area contributed by atoms with E-state index in [1.54, 1.807) is 38.3 Å². The minimum Gasteiger partial charge on any atom is -0.497 e. The van der Waals surface area contributed by atoms with Crippen LogP contribution >= 0.6 is 0 Å². The molecular weight excluding hydrogens is 274 g/mol. The fraction of sp³-hybridized carbons (Fsp3) is 0.200. The molecule has 0 saturated carbocycles. The zero-order valence-corrected chi connectivity index (χ0v) is 11.7. The predicted molar refractivity (Wildman–Crippen MR) is 75.2 cm³/mol. The largest absolute Gasteiger partial charge is 0.497 e. The van der Waals surface area contributed by atoms with Crippen LogP contribution in [0.5, 0.6) is 11.5 Å². The Labute approximate surface area is 121 Å². The molecule has 1 heterocycles. The van der Waals surface area contributed by atoms with E-state index < -0.39 is 5.97 Å². The van der Waals surface area contributed by atoms with Crippen molar-refractivity contribution in [3.8, 4) is 11.5 Å². The zero-order valence-electron chi connectivity index (χ0n) is 11.7. The van der Waals surface area contributed by atoms with Crippen LogP contribution in [0, 0.1) is 6.92 Å². The summed E-state index contributed by atoms with van der Waals surface area (Å²) in [6, 6.07) is 6.91. The number of hydrogen-bond donors (Lipinski definition) is 1. The SMILES string of the molecule is COc1ccc(/C=C/C(=O)O)c(OCc2cc(C)on2)c1. The minimum atomic E-state index is -1.02. The van der Waals surface area contributed by atoms with Gasteiger partial charge in [0.1, 0.15) is 29.6 Å². The Morgan fingerprint density at radius 1 is 1.43 bits per heavy atom. The lowest BCUT2D eigenvalue weighted by atomic mass is 10.1. The Morgan fingerprint density at radius 3 is 2.86 bits per heavy atom. The molecule has 6 heteroatoms. The van der Waals surface area contributed by atoms with Gasteiger partial charge in [0.05, 0.1) is 7.11 Å². The van der Waals surface area contributed by atoms with Crippen molar-refractivity contribution >= 4 is 12.0 Å². The van der Waals surface area contributed by atoms with E-state index in [-0.39, 0.29) is 6.61 Å². The summed E-state index contributed by atoms with van der Waals surface area (Å²) in [4.78, 5) is 10.6. The molecule has 1 aromatic heterocycles. The highest BCUT2D eigenvalue weighted by molar-refractivity contribution is 5.86. The van der Waals surface area contributed by atoms with Gasteiger partial charge in [-0.1, -0.05) is 5.16 Å². The second-order valence-corrected chi connectivity index (χ2v) is 4.29. The van der Waals surface area contributed by atoms with Gasteiger partial charge in [-0.2, -0.15) is 0 Å². The Hall–Kier alpha value is -2.76. The summed E-state index contributed by atoms with van der Waals surface area (Å²) < 4.78 is 15.8. The number of aryl methyl sites for hydroxylation is 1. The maximum atomic E-state index is 10.6. The average Bonchev–Trinajstić information content (AvgIpc) is 2.88. The summed E-state index contributed by atoms with van der Waals surface area (Å²) in [6.45, 7) is 2.02. The van der Waals surface area contributed by atoms with E-state index in [0.29, 0.717) is 28.5 Å². The monoisotopic (exact) mass is 289 g/mol. The third-order valence-corrected chi connectivity index (χ3v) is 2.68. The maximum absolute atomic E-state index is 10.6. The molecule has 0 aliphatic rings. The first-order chi connectivity index (χ1) is 10.1. The van der Waals surface area contributed by atoms with Crippen LogP contribution in [0.4, 0.5) is 0 Å². The number of rotatable bonds is 6. The van der Waals surface area contributed by atoms with Crippen molar-refractivity contribution in [3.05, 3.63) is 47.4 Å². The van der Waals surface area contributed by atoms with E-state index in [0.717, 1.165) is 6.08 Å². The number of hydrogen-bond acceptors (Lipinski definition) is 5. The van der Waals surface area contributed by atoms with Crippen LogP contribution < -0.4 is 9.47 Å². The van der Waals surface area contributed by atoms with Crippen molar-refractivity contribution in [2.75, 3.05) is 7.11 Å². The second-order valence-electron chi connectivity index (χ2n) is 4.29. The number of benzene rings is 1. The number of carboxylic acids is 1. The van der Waals surface area contributed by atoms with Gasteiger partial charge in [-0.05, 0) is 25.1 Å². The topological polar surface area (TPSA) is 81.8 Å². The number of methoxy groups -OCH3 is 1. The molecule has 2 rings (SSSR count). The molecule has 1 aromatic carbocycles.